The predicted octanol–water partition coefficient (Wildman–Crippen LogP) is 1.78. The molecule has 0 aromatic heterocycles. The number of alkyl halides is 3. The fraction of sp³-hybridized carbons (Fsp3) is 0.533. The zero-order valence-corrected chi connectivity index (χ0v) is 13.4. The number of halogens is 3. The fourth-order valence-corrected chi connectivity index (χ4v) is 4.82. The van der Waals surface area contributed by atoms with Gasteiger partial charge in [-0.3, -0.25) is 4.79 Å². The van der Waals surface area contributed by atoms with Crippen LogP contribution in [-0.4, -0.2) is 55.9 Å². The molecular formula is C15H16F3NO4S. The molecular weight excluding hydrogens is 347 g/mol. The first-order valence-electron chi connectivity index (χ1n) is 7.46. The molecule has 0 bridgehead atoms. The molecule has 0 spiro atoms. The molecule has 3 rings (SSSR count). The van der Waals surface area contributed by atoms with E-state index in [0.29, 0.717) is 0 Å². The number of morpholine rings is 1. The van der Waals surface area contributed by atoms with Gasteiger partial charge in [-0.2, -0.15) is 13.2 Å². The monoisotopic (exact) mass is 363 g/mol. The van der Waals surface area contributed by atoms with Gasteiger partial charge in [0.1, 0.15) is 0 Å². The molecule has 1 saturated carbocycles. The van der Waals surface area contributed by atoms with Crippen molar-refractivity contribution in [3.05, 3.63) is 30.3 Å². The van der Waals surface area contributed by atoms with Gasteiger partial charge in [-0.05, 0) is 25.0 Å². The quantitative estimate of drug-likeness (QED) is 0.821. The first-order chi connectivity index (χ1) is 11.2. The lowest BCUT2D eigenvalue weighted by Gasteiger charge is -2.35. The van der Waals surface area contributed by atoms with E-state index in [-0.39, 0.29) is 30.9 Å². The highest BCUT2D eigenvalue weighted by Gasteiger charge is 2.63. The summed E-state index contributed by atoms with van der Waals surface area (Å²) in [5.41, 5.74) is 0. The van der Waals surface area contributed by atoms with Crippen molar-refractivity contribution in [2.24, 2.45) is 0 Å². The molecule has 0 N–H and O–H groups in total. The second kappa shape index (κ2) is 5.73. The van der Waals surface area contributed by atoms with E-state index in [9.17, 15) is 26.4 Å². The largest absolute Gasteiger partial charge is 0.416 e. The first-order valence-corrected chi connectivity index (χ1v) is 8.94. The number of ether oxygens (including phenoxy) is 1. The maximum atomic E-state index is 12.8. The van der Waals surface area contributed by atoms with Crippen LogP contribution in [0.3, 0.4) is 0 Å². The van der Waals surface area contributed by atoms with Gasteiger partial charge in [0.2, 0.25) is 5.91 Å². The second-order valence-corrected chi connectivity index (χ2v) is 8.22. The van der Waals surface area contributed by atoms with Crippen molar-refractivity contribution in [2.75, 3.05) is 19.7 Å². The molecule has 1 saturated heterocycles. The Morgan fingerprint density at radius 1 is 1.21 bits per heavy atom. The lowest BCUT2D eigenvalue weighted by atomic mass is 10.2. The topological polar surface area (TPSA) is 63.7 Å². The van der Waals surface area contributed by atoms with E-state index in [2.05, 4.69) is 4.74 Å². The Labute approximate surface area is 137 Å². The first kappa shape index (κ1) is 17.2. The summed E-state index contributed by atoms with van der Waals surface area (Å²) in [4.78, 5) is 13.7. The molecule has 1 atom stereocenters. The summed E-state index contributed by atoms with van der Waals surface area (Å²) in [5, 5.41) is 0. The smallest absolute Gasteiger partial charge is 0.365 e. The average Bonchev–Trinajstić information content (AvgIpc) is 3.36. The van der Waals surface area contributed by atoms with E-state index in [0.717, 1.165) is 4.90 Å². The summed E-state index contributed by atoms with van der Waals surface area (Å²) in [7, 11) is -3.94. The van der Waals surface area contributed by atoms with Crippen LogP contribution in [0.4, 0.5) is 13.2 Å². The number of hydrogen-bond donors (Lipinski definition) is 0. The van der Waals surface area contributed by atoms with Gasteiger partial charge in [0.05, 0.1) is 18.0 Å². The van der Waals surface area contributed by atoms with Crippen molar-refractivity contribution >= 4 is 15.7 Å². The second-order valence-electron chi connectivity index (χ2n) is 5.96. The van der Waals surface area contributed by atoms with Crippen molar-refractivity contribution in [3.63, 3.8) is 0 Å². The van der Waals surface area contributed by atoms with Crippen LogP contribution in [0, 0.1) is 0 Å². The minimum Gasteiger partial charge on any atom is -0.365 e. The van der Waals surface area contributed by atoms with E-state index in [4.69, 9.17) is 0 Å². The molecule has 132 valence electrons. The zero-order chi connectivity index (χ0) is 17.6. The highest BCUT2D eigenvalue weighted by Crippen LogP contribution is 2.48. The summed E-state index contributed by atoms with van der Waals surface area (Å²) in [6, 6.07) is 7.51. The summed E-state index contributed by atoms with van der Waals surface area (Å²) < 4.78 is 67.0. The third kappa shape index (κ3) is 2.79. The molecule has 0 unspecified atom stereocenters. The third-order valence-electron chi connectivity index (χ3n) is 4.38. The van der Waals surface area contributed by atoms with Crippen molar-refractivity contribution in [1.29, 1.82) is 0 Å². The fourth-order valence-electron chi connectivity index (χ4n) is 2.86. The molecule has 1 aromatic rings. The molecule has 24 heavy (non-hydrogen) atoms. The van der Waals surface area contributed by atoms with Crippen molar-refractivity contribution in [3.8, 4) is 0 Å². The van der Waals surface area contributed by atoms with Crippen LogP contribution in [0.25, 0.3) is 0 Å². The Morgan fingerprint density at radius 3 is 2.38 bits per heavy atom. The Bertz CT molecular complexity index is 729. The van der Waals surface area contributed by atoms with Crippen LogP contribution in [0.15, 0.2) is 35.2 Å². The minimum absolute atomic E-state index is 0.0106. The maximum Gasteiger partial charge on any atom is 0.416 e. The molecule has 1 aliphatic carbocycles. The van der Waals surface area contributed by atoms with Crippen molar-refractivity contribution < 1.29 is 31.1 Å². The lowest BCUT2D eigenvalue weighted by molar-refractivity contribution is -0.236. The van der Waals surface area contributed by atoms with Gasteiger partial charge in [-0.25, -0.2) is 8.42 Å². The van der Waals surface area contributed by atoms with Crippen LogP contribution in [-0.2, 0) is 19.4 Å². The SMILES string of the molecule is O=C(N1CCO[C@@H](C(F)(F)F)C1)C1(S(=O)(=O)c2ccccc2)CC1. The number of nitrogens with zero attached hydrogens (tertiary/aromatic N) is 1. The number of carbonyl (C=O) groups excluding carboxylic acids is 1. The number of amides is 1. The number of hydrogen-bond acceptors (Lipinski definition) is 4. The molecule has 2 aliphatic rings. The molecule has 9 heteroatoms. The van der Waals surface area contributed by atoms with Crippen LogP contribution < -0.4 is 0 Å². The van der Waals surface area contributed by atoms with Crippen LogP contribution in [0.1, 0.15) is 12.8 Å². The minimum atomic E-state index is -4.59. The Kier molecular flexibility index (Phi) is 4.11. The van der Waals surface area contributed by atoms with E-state index in [1.807, 2.05) is 0 Å². The normalized spacial score (nSPS) is 23.8. The summed E-state index contributed by atoms with van der Waals surface area (Å²) in [6.45, 7) is -0.983. The van der Waals surface area contributed by atoms with E-state index >= 15 is 0 Å². The highest BCUT2D eigenvalue weighted by atomic mass is 32.2. The van der Waals surface area contributed by atoms with Gasteiger partial charge in [-0.15, -0.1) is 0 Å². The molecule has 1 aliphatic heterocycles. The van der Waals surface area contributed by atoms with Crippen molar-refractivity contribution in [2.45, 2.75) is 34.8 Å². The Balaban J connectivity index is 1.84. The summed E-state index contributed by atoms with van der Waals surface area (Å²) in [6.07, 6.45) is -6.42. The van der Waals surface area contributed by atoms with Crippen LogP contribution >= 0.6 is 0 Å². The van der Waals surface area contributed by atoms with E-state index in [1.54, 1.807) is 18.2 Å². The zero-order valence-electron chi connectivity index (χ0n) is 12.6. The molecule has 5 nitrogen and oxygen atoms in total. The highest BCUT2D eigenvalue weighted by molar-refractivity contribution is 7.94. The van der Waals surface area contributed by atoms with Gasteiger partial charge >= 0.3 is 6.18 Å². The molecule has 1 heterocycles. The summed E-state index contributed by atoms with van der Waals surface area (Å²) in [5.74, 6) is -0.760. The van der Waals surface area contributed by atoms with E-state index < -0.39 is 39.3 Å². The van der Waals surface area contributed by atoms with Gasteiger partial charge in [0, 0.05) is 6.54 Å². The van der Waals surface area contributed by atoms with Gasteiger partial charge < -0.3 is 9.64 Å². The van der Waals surface area contributed by atoms with Gasteiger partial charge in [-0.1, -0.05) is 18.2 Å². The van der Waals surface area contributed by atoms with Crippen LogP contribution in [0.2, 0.25) is 0 Å². The lowest BCUT2D eigenvalue weighted by Crippen LogP contribution is -2.55. The summed E-state index contributed by atoms with van der Waals surface area (Å²) >= 11 is 0. The number of sulfone groups is 1. The Morgan fingerprint density at radius 2 is 1.83 bits per heavy atom. The predicted molar refractivity (Wildman–Crippen MR) is 78.0 cm³/mol. The van der Waals surface area contributed by atoms with Gasteiger partial charge in [0.15, 0.2) is 20.7 Å². The van der Waals surface area contributed by atoms with Crippen molar-refractivity contribution in [1.82, 2.24) is 4.90 Å². The number of benzene rings is 1. The number of carbonyl (C=O) groups is 1. The van der Waals surface area contributed by atoms with Crippen LogP contribution in [0.5, 0.6) is 0 Å². The molecule has 2 fully saturated rings. The molecule has 1 amide bonds. The van der Waals surface area contributed by atoms with E-state index in [1.165, 1.54) is 12.1 Å². The standard InChI is InChI=1S/C15H16F3NO4S/c16-15(17,18)12-10-19(8-9-23-12)13(20)14(6-7-14)24(21,22)11-4-2-1-3-5-11/h1-5,12H,6-10H2/t12-/m1/s1. The maximum absolute atomic E-state index is 12.8. The Hall–Kier alpha value is -1.61. The molecule has 1 aromatic carbocycles. The third-order valence-corrected chi connectivity index (χ3v) is 6.88. The average molecular weight is 363 g/mol. The van der Waals surface area contributed by atoms with Gasteiger partial charge in [0.25, 0.3) is 0 Å². The number of rotatable bonds is 3. The molecule has 0 radical (unpaired) electrons.